The van der Waals surface area contributed by atoms with Crippen LogP contribution in [0.5, 0.6) is 0 Å². The average molecular weight is 473 g/mol. The maximum atomic E-state index is 12.5. The number of rotatable bonds is 7. The molecule has 0 atom stereocenters. The number of nitrogens with zero attached hydrogens (tertiary/aromatic N) is 3. The summed E-state index contributed by atoms with van der Waals surface area (Å²) in [6, 6.07) is 17.5. The molecule has 2 aromatic heterocycles. The van der Waals surface area contributed by atoms with E-state index in [2.05, 4.69) is 16.4 Å². The second-order valence-electron chi connectivity index (χ2n) is 7.76. The molecule has 0 radical (unpaired) electrons. The SMILES string of the molecule is N#Cc1c(NC(=O)/C=C/c2ccccc2)sc2c1CCN(C(=O)OCCCc1ccccn1)C2. The molecule has 0 spiro atoms. The van der Waals surface area contributed by atoms with Gasteiger partial charge in [0.05, 0.1) is 18.7 Å². The second-order valence-corrected chi connectivity index (χ2v) is 8.87. The molecular weight excluding hydrogens is 448 g/mol. The van der Waals surface area contributed by atoms with Gasteiger partial charge in [-0.05, 0) is 48.6 Å². The number of aryl methyl sites for hydroxylation is 1. The van der Waals surface area contributed by atoms with Gasteiger partial charge in [-0.1, -0.05) is 36.4 Å². The van der Waals surface area contributed by atoms with Crippen molar-refractivity contribution in [3.8, 4) is 6.07 Å². The Labute approximate surface area is 202 Å². The Morgan fingerprint density at radius 2 is 2.03 bits per heavy atom. The average Bonchev–Trinajstić information content (AvgIpc) is 3.22. The van der Waals surface area contributed by atoms with Gasteiger partial charge in [0.2, 0.25) is 5.91 Å². The van der Waals surface area contributed by atoms with Crippen molar-refractivity contribution in [1.82, 2.24) is 9.88 Å². The molecule has 0 saturated heterocycles. The molecule has 0 saturated carbocycles. The first-order valence-electron chi connectivity index (χ1n) is 11.0. The Hall–Kier alpha value is -3.96. The number of hydrogen-bond donors (Lipinski definition) is 1. The van der Waals surface area contributed by atoms with Gasteiger partial charge in [0.25, 0.3) is 0 Å². The number of anilines is 1. The zero-order valence-electron chi connectivity index (χ0n) is 18.6. The number of thiophene rings is 1. The topological polar surface area (TPSA) is 95.3 Å². The van der Waals surface area contributed by atoms with Crippen LogP contribution in [-0.2, 0) is 28.9 Å². The number of amides is 2. The third kappa shape index (κ3) is 5.88. The van der Waals surface area contributed by atoms with Crippen LogP contribution in [0, 0.1) is 11.3 Å². The minimum atomic E-state index is -0.366. The number of nitriles is 1. The van der Waals surface area contributed by atoms with Crippen molar-refractivity contribution in [2.24, 2.45) is 0 Å². The number of carbonyl (C=O) groups excluding carboxylic acids is 2. The van der Waals surface area contributed by atoms with Crippen molar-refractivity contribution in [3.05, 3.63) is 88.1 Å². The number of benzene rings is 1. The lowest BCUT2D eigenvalue weighted by molar-refractivity contribution is -0.111. The summed E-state index contributed by atoms with van der Waals surface area (Å²) >= 11 is 1.34. The second kappa shape index (κ2) is 11.3. The van der Waals surface area contributed by atoms with Gasteiger partial charge in [0.1, 0.15) is 11.1 Å². The molecule has 1 aliphatic heterocycles. The van der Waals surface area contributed by atoms with Crippen LogP contribution in [0.3, 0.4) is 0 Å². The number of pyridine rings is 1. The van der Waals surface area contributed by atoms with E-state index in [-0.39, 0.29) is 12.0 Å². The lowest BCUT2D eigenvalue weighted by Crippen LogP contribution is -2.36. The van der Waals surface area contributed by atoms with Gasteiger partial charge in [-0.3, -0.25) is 9.78 Å². The molecule has 1 aromatic carbocycles. The van der Waals surface area contributed by atoms with Gasteiger partial charge in [-0.15, -0.1) is 11.3 Å². The summed E-state index contributed by atoms with van der Waals surface area (Å²) in [6.45, 7) is 1.16. The van der Waals surface area contributed by atoms with Gasteiger partial charge in [-0.25, -0.2) is 4.79 Å². The normalized spacial score (nSPS) is 12.7. The number of hydrogen-bond acceptors (Lipinski definition) is 6. The lowest BCUT2D eigenvalue weighted by atomic mass is 10.0. The molecule has 172 valence electrons. The van der Waals surface area contributed by atoms with Crippen LogP contribution in [0.15, 0.2) is 60.8 Å². The molecule has 4 rings (SSSR count). The van der Waals surface area contributed by atoms with Gasteiger partial charge in [0, 0.05) is 29.4 Å². The molecule has 0 unspecified atom stereocenters. The molecule has 2 amide bonds. The van der Waals surface area contributed by atoms with Gasteiger partial charge >= 0.3 is 6.09 Å². The van der Waals surface area contributed by atoms with E-state index in [1.54, 1.807) is 17.2 Å². The summed E-state index contributed by atoms with van der Waals surface area (Å²) in [5.74, 6) is -0.303. The maximum Gasteiger partial charge on any atom is 0.410 e. The minimum Gasteiger partial charge on any atom is -0.449 e. The molecule has 8 heteroatoms. The van der Waals surface area contributed by atoms with Crippen molar-refractivity contribution in [1.29, 1.82) is 5.26 Å². The van der Waals surface area contributed by atoms with Crippen LogP contribution in [0.1, 0.15) is 33.7 Å². The predicted octanol–water partition coefficient (Wildman–Crippen LogP) is 4.79. The van der Waals surface area contributed by atoms with Crippen LogP contribution in [0.25, 0.3) is 6.08 Å². The van der Waals surface area contributed by atoms with Crippen LogP contribution in [-0.4, -0.2) is 35.0 Å². The molecule has 3 aromatic rings. The van der Waals surface area contributed by atoms with Crippen molar-refractivity contribution >= 4 is 34.4 Å². The Bertz CT molecular complexity index is 1220. The first-order valence-corrected chi connectivity index (χ1v) is 11.9. The number of fused-ring (bicyclic) bond motifs is 1. The first kappa shape index (κ1) is 23.2. The van der Waals surface area contributed by atoms with E-state index >= 15 is 0 Å². The monoisotopic (exact) mass is 472 g/mol. The fourth-order valence-corrected chi connectivity index (χ4v) is 4.92. The fraction of sp³-hybridized carbons (Fsp3) is 0.231. The van der Waals surface area contributed by atoms with E-state index in [0.717, 1.165) is 28.1 Å². The molecule has 0 fully saturated rings. The molecule has 0 bridgehead atoms. The molecular formula is C26H24N4O3S. The summed E-state index contributed by atoms with van der Waals surface area (Å²) in [7, 11) is 0. The Morgan fingerprint density at radius 1 is 1.21 bits per heavy atom. The predicted molar refractivity (Wildman–Crippen MR) is 131 cm³/mol. The zero-order valence-corrected chi connectivity index (χ0v) is 19.4. The zero-order chi connectivity index (χ0) is 23.8. The van der Waals surface area contributed by atoms with E-state index in [9.17, 15) is 14.9 Å². The van der Waals surface area contributed by atoms with E-state index in [0.29, 0.717) is 43.1 Å². The molecule has 3 heterocycles. The highest BCUT2D eigenvalue weighted by atomic mass is 32.1. The molecule has 1 N–H and O–H groups in total. The van der Waals surface area contributed by atoms with Crippen molar-refractivity contribution in [2.45, 2.75) is 25.8 Å². The van der Waals surface area contributed by atoms with Crippen LogP contribution in [0.2, 0.25) is 0 Å². The van der Waals surface area contributed by atoms with E-state index in [1.807, 2.05) is 48.5 Å². The van der Waals surface area contributed by atoms with E-state index < -0.39 is 0 Å². The van der Waals surface area contributed by atoms with Crippen LogP contribution >= 0.6 is 11.3 Å². The first-order chi connectivity index (χ1) is 16.6. The van der Waals surface area contributed by atoms with Crippen molar-refractivity contribution in [2.75, 3.05) is 18.5 Å². The lowest BCUT2D eigenvalue weighted by Gasteiger charge is -2.26. The molecule has 0 aliphatic carbocycles. The quantitative estimate of drug-likeness (QED) is 0.394. The summed E-state index contributed by atoms with van der Waals surface area (Å²) in [5, 5.41) is 13.0. The van der Waals surface area contributed by atoms with Gasteiger partial charge in [-0.2, -0.15) is 5.26 Å². The van der Waals surface area contributed by atoms with Crippen LogP contribution in [0.4, 0.5) is 9.80 Å². The van der Waals surface area contributed by atoms with E-state index in [4.69, 9.17) is 4.74 Å². The standard InChI is InChI=1S/C26H24N4O3S/c27-17-22-21-13-15-30(26(32)33-16-6-10-20-9-4-5-14-28-20)18-23(21)34-25(22)29-24(31)12-11-19-7-2-1-3-8-19/h1-5,7-9,11-12,14H,6,10,13,15-16,18H2,(H,29,31)/b12-11+. The Morgan fingerprint density at radius 3 is 2.79 bits per heavy atom. The third-order valence-corrected chi connectivity index (χ3v) is 6.55. The Kier molecular flexibility index (Phi) is 7.68. The minimum absolute atomic E-state index is 0.303. The van der Waals surface area contributed by atoms with Gasteiger partial charge in [0.15, 0.2) is 0 Å². The smallest absolute Gasteiger partial charge is 0.410 e. The fourth-order valence-electron chi connectivity index (χ4n) is 3.71. The highest BCUT2D eigenvalue weighted by molar-refractivity contribution is 7.16. The summed E-state index contributed by atoms with van der Waals surface area (Å²) < 4.78 is 5.44. The highest BCUT2D eigenvalue weighted by Gasteiger charge is 2.28. The number of ether oxygens (including phenoxy) is 1. The number of nitrogens with one attached hydrogen (secondary N) is 1. The largest absolute Gasteiger partial charge is 0.449 e. The summed E-state index contributed by atoms with van der Waals surface area (Å²) in [4.78, 5) is 31.7. The van der Waals surface area contributed by atoms with Crippen molar-refractivity contribution in [3.63, 3.8) is 0 Å². The molecule has 1 aliphatic rings. The molecule has 34 heavy (non-hydrogen) atoms. The van der Waals surface area contributed by atoms with Crippen molar-refractivity contribution < 1.29 is 14.3 Å². The maximum absolute atomic E-state index is 12.5. The summed E-state index contributed by atoms with van der Waals surface area (Å²) in [6.07, 6.45) is 6.55. The highest BCUT2D eigenvalue weighted by Crippen LogP contribution is 2.36. The molecule has 7 nitrogen and oxygen atoms in total. The number of carbonyl (C=O) groups is 2. The van der Waals surface area contributed by atoms with Crippen LogP contribution < -0.4 is 5.32 Å². The summed E-state index contributed by atoms with van der Waals surface area (Å²) in [5.41, 5.74) is 3.26. The third-order valence-electron chi connectivity index (χ3n) is 5.42. The number of aromatic nitrogens is 1. The van der Waals surface area contributed by atoms with E-state index in [1.165, 1.54) is 17.4 Å². The Balaban J connectivity index is 1.32. The van der Waals surface area contributed by atoms with Gasteiger partial charge < -0.3 is 15.0 Å².